The number of amides is 1. The first kappa shape index (κ1) is 22.1. The average molecular weight is 467 g/mol. The lowest BCUT2D eigenvalue weighted by Gasteiger charge is -2.19. The molecule has 0 saturated heterocycles. The second-order valence-electron chi connectivity index (χ2n) is 7.38. The standard InChI is InChI=1S/C23H22N4O3S2/c1-16-10-12-17(13-11-16)14-15-24-23(28)21(18-6-3-2-4-7-18)27-32(29,30)20-9-5-8-19-22(20)26-31-25-19/h2-13,21,27H,14-15H2,1H3,(H,24,28)/t21-/m1/s1. The first-order chi connectivity index (χ1) is 15.4. The van der Waals surface area contributed by atoms with Crippen LogP contribution in [0.25, 0.3) is 11.0 Å². The van der Waals surface area contributed by atoms with E-state index in [1.54, 1.807) is 36.4 Å². The Bertz CT molecular complexity index is 1320. The number of hydrogen-bond donors (Lipinski definition) is 2. The van der Waals surface area contributed by atoms with Crippen LogP contribution >= 0.6 is 11.7 Å². The number of aryl methyl sites for hydroxylation is 1. The number of carbonyl (C=O) groups is 1. The first-order valence-corrected chi connectivity index (χ1v) is 12.3. The summed E-state index contributed by atoms with van der Waals surface area (Å²) >= 11 is 0.943. The van der Waals surface area contributed by atoms with Crippen LogP contribution < -0.4 is 10.0 Å². The fourth-order valence-electron chi connectivity index (χ4n) is 3.32. The van der Waals surface area contributed by atoms with Crippen LogP contribution in [-0.4, -0.2) is 29.6 Å². The van der Waals surface area contributed by atoms with Crippen LogP contribution in [-0.2, 0) is 21.2 Å². The van der Waals surface area contributed by atoms with E-state index in [1.807, 2.05) is 37.3 Å². The number of rotatable bonds is 8. The third kappa shape index (κ3) is 5.01. The lowest BCUT2D eigenvalue weighted by molar-refractivity contribution is -0.122. The molecular formula is C23H22N4O3S2. The van der Waals surface area contributed by atoms with Gasteiger partial charge in [0.25, 0.3) is 0 Å². The van der Waals surface area contributed by atoms with Crippen molar-refractivity contribution in [2.75, 3.05) is 6.54 Å². The number of nitrogens with zero attached hydrogens (tertiary/aromatic N) is 2. The van der Waals surface area contributed by atoms with Crippen molar-refractivity contribution in [3.8, 4) is 0 Å². The minimum absolute atomic E-state index is 0.00265. The summed E-state index contributed by atoms with van der Waals surface area (Å²) in [5, 5.41) is 2.86. The second-order valence-corrected chi connectivity index (χ2v) is 9.59. The molecule has 32 heavy (non-hydrogen) atoms. The van der Waals surface area contributed by atoms with Crippen molar-refractivity contribution in [3.63, 3.8) is 0 Å². The molecule has 7 nitrogen and oxygen atoms in total. The van der Waals surface area contributed by atoms with E-state index in [2.05, 4.69) is 18.8 Å². The molecule has 0 bridgehead atoms. The minimum atomic E-state index is -4.04. The number of sulfonamides is 1. The maximum absolute atomic E-state index is 13.2. The van der Waals surface area contributed by atoms with Crippen LogP contribution in [0.4, 0.5) is 0 Å². The molecule has 4 aromatic rings. The summed E-state index contributed by atoms with van der Waals surface area (Å²) in [5.41, 5.74) is 3.60. The van der Waals surface area contributed by atoms with Gasteiger partial charge in [-0.15, -0.1) is 0 Å². The molecule has 0 fully saturated rings. The van der Waals surface area contributed by atoms with Crippen molar-refractivity contribution in [1.29, 1.82) is 0 Å². The monoisotopic (exact) mass is 466 g/mol. The van der Waals surface area contributed by atoms with Gasteiger partial charge in [-0.2, -0.15) is 13.5 Å². The highest BCUT2D eigenvalue weighted by atomic mass is 32.2. The normalized spacial score (nSPS) is 12.5. The van der Waals surface area contributed by atoms with Gasteiger partial charge < -0.3 is 5.32 Å². The molecule has 164 valence electrons. The second kappa shape index (κ2) is 9.56. The van der Waals surface area contributed by atoms with Crippen LogP contribution in [0.2, 0.25) is 0 Å². The predicted octanol–water partition coefficient (Wildman–Crippen LogP) is 3.38. The van der Waals surface area contributed by atoms with Crippen LogP contribution in [0.3, 0.4) is 0 Å². The summed E-state index contributed by atoms with van der Waals surface area (Å²) in [5.74, 6) is -0.421. The van der Waals surface area contributed by atoms with Crippen LogP contribution in [0, 0.1) is 6.92 Å². The summed E-state index contributed by atoms with van der Waals surface area (Å²) < 4.78 is 37.2. The molecule has 0 aliphatic carbocycles. The number of benzene rings is 3. The van der Waals surface area contributed by atoms with Crippen LogP contribution in [0.15, 0.2) is 77.7 Å². The maximum Gasteiger partial charge on any atom is 0.243 e. The van der Waals surface area contributed by atoms with E-state index in [1.165, 1.54) is 11.6 Å². The number of hydrogen-bond acceptors (Lipinski definition) is 6. The van der Waals surface area contributed by atoms with E-state index in [0.717, 1.165) is 17.3 Å². The van der Waals surface area contributed by atoms with Gasteiger partial charge >= 0.3 is 0 Å². The number of fused-ring (bicyclic) bond motifs is 1. The zero-order chi connectivity index (χ0) is 22.6. The molecule has 1 atom stereocenters. The molecule has 1 amide bonds. The Balaban J connectivity index is 1.55. The Labute approximate surface area is 190 Å². The Hall–Kier alpha value is -3.14. The minimum Gasteiger partial charge on any atom is -0.354 e. The van der Waals surface area contributed by atoms with Gasteiger partial charge in [-0.1, -0.05) is 66.2 Å². The molecule has 0 radical (unpaired) electrons. The Morgan fingerprint density at radius 3 is 2.47 bits per heavy atom. The first-order valence-electron chi connectivity index (χ1n) is 10.1. The zero-order valence-corrected chi connectivity index (χ0v) is 19.0. The lowest BCUT2D eigenvalue weighted by atomic mass is 10.1. The van der Waals surface area contributed by atoms with Crippen molar-refractivity contribution in [2.45, 2.75) is 24.3 Å². The molecule has 0 saturated carbocycles. The van der Waals surface area contributed by atoms with Gasteiger partial charge in [0.1, 0.15) is 22.0 Å². The van der Waals surface area contributed by atoms with Gasteiger partial charge in [0.05, 0.1) is 11.7 Å². The molecule has 1 aromatic heterocycles. The highest BCUT2D eigenvalue weighted by Crippen LogP contribution is 2.23. The van der Waals surface area contributed by atoms with Gasteiger partial charge in [-0.05, 0) is 36.6 Å². The number of carbonyl (C=O) groups excluding carboxylic acids is 1. The molecule has 0 spiro atoms. The fraction of sp³-hybridized carbons (Fsp3) is 0.174. The summed E-state index contributed by atoms with van der Waals surface area (Å²) in [6.45, 7) is 2.41. The molecular weight excluding hydrogens is 444 g/mol. The van der Waals surface area contributed by atoms with Crippen molar-refractivity contribution in [3.05, 3.63) is 89.5 Å². The SMILES string of the molecule is Cc1ccc(CCNC(=O)[C@H](NS(=O)(=O)c2cccc3nsnc23)c2ccccc2)cc1. The largest absolute Gasteiger partial charge is 0.354 e. The molecule has 3 aromatic carbocycles. The van der Waals surface area contributed by atoms with E-state index < -0.39 is 22.0 Å². The third-order valence-corrected chi connectivity index (χ3v) is 7.04. The number of nitrogens with one attached hydrogen (secondary N) is 2. The quantitative estimate of drug-likeness (QED) is 0.415. The molecule has 9 heteroatoms. The van der Waals surface area contributed by atoms with E-state index in [4.69, 9.17) is 0 Å². The van der Waals surface area contributed by atoms with E-state index in [0.29, 0.717) is 24.0 Å². The molecule has 2 N–H and O–H groups in total. The number of aromatic nitrogens is 2. The van der Waals surface area contributed by atoms with Gasteiger partial charge in [-0.25, -0.2) is 8.42 Å². The van der Waals surface area contributed by atoms with E-state index >= 15 is 0 Å². The summed E-state index contributed by atoms with van der Waals surface area (Å²) in [6.07, 6.45) is 0.643. The molecule has 4 rings (SSSR count). The highest BCUT2D eigenvalue weighted by Gasteiger charge is 2.29. The Morgan fingerprint density at radius 1 is 0.969 bits per heavy atom. The maximum atomic E-state index is 13.2. The Kier molecular flexibility index (Phi) is 6.59. The van der Waals surface area contributed by atoms with Gasteiger partial charge in [-0.3, -0.25) is 4.79 Å². The third-order valence-electron chi connectivity index (χ3n) is 5.04. The van der Waals surface area contributed by atoms with Crippen LogP contribution in [0.5, 0.6) is 0 Å². The predicted molar refractivity (Wildman–Crippen MR) is 125 cm³/mol. The van der Waals surface area contributed by atoms with Crippen molar-refractivity contribution in [2.24, 2.45) is 0 Å². The molecule has 0 unspecified atom stereocenters. The van der Waals surface area contributed by atoms with E-state index in [-0.39, 0.29) is 10.4 Å². The fourth-order valence-corrected chi connectivity index (χ4v) is 5.27. The smallest absolute Gasteiger partial charge is 0.243 e. The molecule has 0 aliphatic heterocycles. The Morgan fingerprint density at radius 2 is 1.72 bits per heavy atom. The van der Waals surface area contributed by atoms with E-state index in [9.17, 15) is 13.2 Å². The van der Waals surface area contributed by atoms with Crippen molar-refractivity contribution < 1.29 is 13.2 Å². The van der Waals surface area contributed by atoms with Crippen molar-refractivity contribution in [1.82, 2.24) is 18.8 Å². The summed E-state index contributed by atoms with van der Waals surface area (Å²) in [7, 11) is -4.04. The van der Waals surface area contributed by atoms with Crippen LogP contribution in [0.1, 0.15) is 22.7 Å². The van der Waals surface area contributed by atoms with Gasteiger partial charge in [0, 0.05) is 6.54 Å². The highest BCUT2D eigenvalue weighted by molar-refractivity contribution is 7.89. The molecule has 1 heterocycles. The topological polar surface area (TPSA) is 101 Å². The average Bonchev–Trinajstić information content (AvgIpc) is 3.28. The summed E-state index contributed by atoms with van der Waals surface area (Å²) in [4.78, 5) is 13.0. The zero-order valence-electron chi connectivity index (χ0n) is 17.4. The van der Waals surface area contributed by atoms with Gasteiger partial charge in [0.15, 0.2) is 0 Å². The van der Waals surface area contributed by atoms with Gasteiger partial charge in [0.2, 0.25) is 15.9 Å². The summed E-state index contributed by atoms with van der Waals surface area (Å²) in [6, 6.07) is 20.5. The van der Waals surface area contributed by atoms with Crippen molar-refractivity contribution >= 4 is 38.7 Å². The molecule has 0 aliphatic rings. The lowest BCUT2D eigenvalue weighted by Crippen LogP contribution is -2.41.